The SMILES string of the molecule is CCC1CCCCN1C(=O)CNC1(CO)CCc2ccccc21. The lowest BCUT2D eigenvalue weighted by atomic mass is 9.92. The number of fused-ring (bicyclic) bond motifs is 1. The maximum Gasteiger partial charge on any atom is 0.236 e. The summed E-state index contributed by atoms with van der Waals surface area (Å²) < 4.78 is 0. The molecule has 1 aromatic rings. The summed E-state index contributed by atoms with van der Waals surface area (Å²) in [7, 11) is 0. The van der Waals surface area contributed by atoms with Crippen LogP contribution in [0, 0.1) is 0 Å². The number of hydrogen-bond donors (Lipinski definition) is 2. The molecule has 2 aliphatic rings. The molecule has 1 aliphatic heterocycles. The Bertz CT molecular complexity index is 560. The molecule has 0 saturated carbocycles. The van der Waals surface area contributed by atoms with Gasteiger partial charge in [-0.2, -0.15) is 0 Å². The van der Waals surface area contributed by atoms with Crippen LogP contribution in [0.2, 0.25) is 0 Å². The van der Waals surface area contributed by atoms with Crippen LogP contribution in [0.25, 0.3) is 0 Å². The van der Waals surface area contributed by atoms with Crippen molar-refractivity contribution in [1.82, 2.24) is 10.2 Å². The zero-order chi connectivity index (χ0) is 16.3. The lowest BCUT2D eigenvalue weighted by molar-refractivity contribution is -0.134. The highest BCUT2D eigenvalue weighted by atomic mass is 16.3. The van der Waals surface area contributed by atoms with Gasteiger partial charge in [-0.1, -0.05) is 31.2 Å². The summed E-state index contributed by atoms with van der Waals surface area (Å²) in [4.78, 5) is 14.7. The lowest BCUT2D eigenvalue weighted by Gasteiger charge is -2.37. The second kappa shape index (κ2) is 7.02. The summed E-state index contributed by atoms with van der Waals surface area (Å²) in [5, 5.41) is 13.4. The largest absolute Gasteiger partial charge is 0.394 e. The Hall–Kier alpha value is -1.39. The first kappa shape index (κ1) is 16.5. The van der Waals surface area contributed by atoms with Crippen molar-refractivity contribution < 1.29 is 9.90 Å². The molecule has 126 valence electrons. The van der Waals surface area contributed by atoms with Crippen LogP contribution >= 0.6 is 0 Å². The molecule has 1 heterocycles. The topological polar surface area (TPSA) is 52.6 Å². The first-order chi connectivity index (χ1) is 11.2. The van der Waals surface area contributed by atoms with E-state index < -0.39 is 5.54 Å². The molecule has 3 rings (SSSR count). The summed E-state index contributed by atoms with van der Waals surface area (Å²) in [5.74, 6) is 0.175. The molecule has 0 aromatic heterocycles. The third kappa shape index (κ3) is 3.15. The van der Waals surface area contributed by atoms with Gasteiger partial charge in [0.2, 0.25) is 5.91 Å². The highest BCUT2D eigenvalue weighted by molar-refractivity contribution is 5.79. The Morgan fingerprint density at radius 3 is 3.00 bits per heavy atom. The van der Waals surface area contributed by atoms with Gasteiger partial charge >= 0.3 is 0 Å². The van der Waals surface area contributed by atoms with E-state index in [0.29, 0.717) is 12.6 Å². The maximum atomic E-state index is 12.7. The number of rotatable bonds is 5. The normalized spacial score (nSPS) is 27.0. The molecule has 2 unspecified atom stereocenters. The molecule has 1 saturated heterocycles. The average Bonchev–Trinajstić information content (AvgIpc) is 2.99. The zero-order valence-corrected chi connectivity index (χ0v) is 14.1. The summed E-state index contributed by atoms with van der Waals surface area (Å²) in [6.07, 6.45) is 6.29. The van der Waals surface area contributed by atoms with Gasteiger partial charge < -0.3 is 10.0 Å². The smallest absolute Gasteiger partial charge is 0.236 e. The molecule has 4 nitrogen and oxygen atoms in total. The first-order valence-corrected chi connectivity index (χ1v) is 8.94. The van der Waals surface area contributed by atoms with E-state index in [0.717, 1.165) is 44.2 Å². The monoisotopic (exact) mass is 316 g/mol. The van der Waals surface area contributed by atoms with Crippen LogP contribution in [0.1, 0.15) is 50.2 Å². The molecular formula is C19H28N2O2. The Balaban J connectivity index is 1.68. The second-order valence-electron chi connectivity index (χ2n) is 6.90. The van der Waals surface area contributed by atoms with Crippen LogP contribution < -0.4 is 5.32 Å². The molecule has 2 atom stereocenters. The fraction of sp³-hybridized carbons (Fsp3) is 0.632. The third-order valence-corrected chi connectivity index (χ3v) is 5.62. The number of aliphatic hydroxyl groups excluding tert-OH is 1. The number of carbonyl (C=O) groups is 1. The Kier molecular flexibility index (Phi) is 5.02. The number of amides is 1. The summed E-state index contributed by atoms with van der Waals surface area (Å²) in [6, 6.07) is 8.63. The van der Waals surface area contributed by atoms with Gasteiger partial charge in [-0.05, 0) is 49.7 Å². The van der Waals surface area contributed by atoms with Crippen LogP contribution in [0.5, 0.6) is 0 Å². The Labute approximate surface area is 138 Å². The number of nitrogens with one attached hydrogen (secondary N) is 1. The number of hydrogen-bond acceptors (Lipinski definition) is 3. The highest BCUT2D eigenvalue weighted by Gasteiger charge is 2.38. The zero-order valence-electron chi connectivity index (χ0n) is 14.1. The minimum Gasteiger partial charge on any atom is -0.394 e. The van der Waals surface area contributed by atoms with E-state index in [9.17, 15) is 9.90 Å². The fourth-order valence-corrected chi connectivity index (χ4v) is 4.19. The maximum absolute atomic E-state index is 12.7. The average molecular weight is 316 g/mol. The molecule has 23 heavy (non-hydrogen) atoms. The van der Waals surface area contributed by atoms with E-state index in [1.54, 1.807) is 0 Å². The van der Waals surface area contributed by atoms with Crippen molar-refractivity contribution in [2.45, 2.75) is 57.0 Å². The van der Waals surface area contributed by atoms with Crippen molar-refractivity contribution in [1.29, 1.82) is 0 Å². The van der Waals surface area contributed by atoms with E-state index in [4.69, 9.17) is 0 Å². The van der Waals surface area contributed by atoms with Crippen LogP contribution in [0.4, 0.5) is 0 Å². The number of benzene rings is 1. The third-order valence-electron chi connectivity index (χ3n) is 5.62. The summed E-state index contributed by atoms with van der Waals surface area (Å²) in [5.41, 5.74) is 1.98. The second-order valence-corrected chi connectivity index (χ2v) is 6.90. The molecule has 1 amide bonds. The molecule has 0 bridgehead atoms. The van der Waals surface area contributed by atoms with Crippen molar-refractivity contribution in [2.75, 3.05) is 19.7 Å². The quantitative estimate of drug-likeness (QED) is 0.875. The van der Waals surface area contributed by atoms with E-state index in [2.05, 4.69) is 24.4 Å². The lowest BCUT2D eigenvalue weighted by Crippen LogP contribution is -2.52. The van der Waals surface area contributed by atoms with Crippen LogP contribution in [-0.4, -0.2) is 41.7 Å². The Morgan fingerprint density at radius 2 is 2.22 bits per heavy atom. The first-order valence-electron chi connectivity index (χ1n) is 8.94. The molecule has 1 aromatic carbocycles. The molecule has 2 N–H and O–H groups in total. The Morgan fingerprint density at radius 1 is 1.39 bits per heavy atom. The van der Waals surface area contributed by atoms with Gasteiger partial charge in [0.15, 0.2) is 0 Å². The number of carbonyl (C=O) groups excluding carboxylic acids is 1. The van der Waals surface area contributed by atoms with Crippen molar-refractivity contribution in [3.8, 4) is 0 Å². The molecule has 4 heteroatoms. The van der Waals surface area contributed by atoms with Crippen LogP contribution in [-0.2, 0) is 16.8 Å². The van der Waals surface area contributed by atoms with Gasteiger partial charge in [0, 0.05) is 12.6 Å². The number of nitrogens with zero attached hydrogens (tertiary/aromatic N) is 1. The summed E-state index contributed by atoms with van der Waals surface area (Å²) >= 11 is 0. The van der Waals surface area contributed by atoms with Gasteiger partial charge in [0.1, 0.15) is 0 Å². The van der Waals surface area contributed by atoms with Crippen LogP contribution in [0.15, 0.2) is 24.3 Å². The highest BCUT2D eigenvalue weighted by Crippen LogP contribution is 2.36. The van der Waals surface area contributed by atoms with E-state index in [1.807, 2.05) is 17.0 Å². The number of aliphatic hydroxyl groups is 1. The number of likely N-dealkylation sites (tertiary alicyclic amines) is 1. The minimum absolute atomic E-state index is 0.0362. The van der Waals surface area contributed by atoms with Gasteiger partial charge in [-0.3, -0.25) is 10.1 Å². The predicted molar refractivity (Wildman–Crippen MR) is 91.2 cm³/mol. The van der Waals surface area contributed by atoms with Gasteiger partial charge in [-0.25, -0.2) is 0 Å². The fourth-order valence-electron chi connectivity index (χ4n) is 4.19. The molecule has 1 aliphatic carbocycles. The van der Waals surface area contributed by atoms with E-state index in [1.165, 1.54) is 12.0 Å². The van der Waals surface area contributed by atoms with Crippen molar-refractivity contribution >= 4 is 5.91 Å². The van der Waals surface area contributed by atoms with Crippen molar-refractivity contribution in [3.05, 3.63) is 35.4 Å². The van der Waals surface area contributed by atoms with Gasteiger partial charge in [0.05, 0.1) is 18.7 Å². The van der Waals surface area contributed by atoms with Crippen molar-refractivity contribution in [2.24, 2.45) is 0 Å². The molecular weight excluding hydrogens is 288 g/mol. The van der Waals surface area contributed by atoms with Crippen molar-refractivity contribution in [3.63, 3.8) is 0 Å². The molecule has 0 radical (unpaired) electrons. The molecule has 0 spiro atoms. The van der Waals surface area contributed by atoms with Gasteiger partial charge in [-0.15, -0.1) is 0 Å². The van der Waals surface area contributed by atoms with Gasteiger partial charge in [0.25, 0.3) is 0 Å². The minimum atomic E-state index is -0.455. The predicted octanol–water partition coefficient (Wildman–Crippen LogP) is 2.20. The van der Waals surface area contributed by atoms with E-state index in [-0.39, 0.29) is 12.5 Å². The summed E-state index contributed by atoms with van der Waals surface area (Å²) in [6.45, 7) is 3.38. The van der Waals surface area contributed by atoms with E-state index >= 15 is 0 Å². The number of piperidine rings is 1. The number of aryl methyl sites for hydroxylation is 1. The standard InChI is InChI=1S/C19H28N2O2/c1-2-16-8-5-6-12-21(16)18(23)13-20-19(14-22)11-10-15-7-3-4-9-17(15)19/h3-4,7,9,16,20,22H,2,5-6,8,10-14H2,1H3. The van der Waals surface area contributed by atoms with Crippen LogP contribution in [0.3, 0.4) is 0 Å². The molecule has 1 fully saturated rings.